The summed E-state index contributed by atoms with van der Waals surface area (Å²) in [6.07, 6.45) is 5.21. The third-order valence-corrected chi connectivity index (χ3v) is 5.50. The second-order valence-corrected chi connectivity index (χ2v) is 6.59. The van der Waals surface area contributed by atoms with Crippen LogP contribution in [0.3, 0.4) is 0 Å². The Morgan fingerprint density at radius 2 is 1.90 bits per heavy atom. The Bertz CT molecular complexity index is 695. The molecule has 21 heavy (non-hydrogen) atoms. The van der Waals surface area contributed by atoms with Gasteiger partial charge in [-0.25, -0.2) is 0 Å². The molecule has 0 spiro atoms. The molecule has 0 aromatic heterocycles. The molecule has 1 N–H and O–H groups in total. The van der Waals surface area contributed by atoms with E-state index in [9.17, 15) is 23.1 Å². The smallest absolute Gasteiger partial charge is 0.282 e. The van der Waals surface area contributed by atoms with E-state index in [0.29, 0.717) is 5.56 Å². The van der Waals surface area contributed by atoms with Crippen LogP contribution in [0.5, 0.6) is 0 Å². The van der Waals surface area contributed by atoms with E-state index in [-0.39, 0.29) is 0 Å². The Morgan fingerprint density at radius 3 is 2.43 bits per heavy atom. The van der Waals surface area contributed by atoms with Crippen LogP contribution < -0.4 is 0 Å². The topological polar surface area (TPSA) is 97.5 Å². The second-order valence-electron chi connectivity index (χ2n) is 4.94. The fraction of sp³-hybridized carbons (Fsp3) is 0.286. The standard InChI is InChI=1S/C14H15NO5S/c1-11(12-7-3-2-4-8-12)14(21(18,19)20)10-6-5-9-13(14)15(16)17/h2-11,13H,1H3,(H,18,19,20). The van der Waals surface area contributed by atoms with Crippen LogP contribution in [0.4, 0.5) is 0 Å². The number of rotatable bonds is 4. The van der Waals surface area contributed by atoms with E-state index in [1.54, 1.807) is 37.3 Å². The predicted octanol–water partition coefficient (Wildman–Crippen LogP) is 2.19. The van der Waals surface area contributed by atoms with E-state index < -0.39 is 31.7 Å². The summed E-state index contributed by atoms with van der Waals surface area (Å²) >= 11 is 0. The Morgan fingerprint density at radius 1 is 1.29 bits per heavy atom. The minimum absolute atomic E-state index is 0.599. The highest BCUT2D eigenvalue weighted by Gasteiger charge is 2.58. The molecule has 0 bridgehead atoms. The van der Waals surface area contributed by atoms with E-state index >= 15 is 0 Å². The summed E-state index contributed by atoms with van der Waals surface area (Å²) in [5.74, 6) is -0.787. The molecule has 0 heterocycles. The Hall–Kier alpha value is -1.99. The van der Waals surface area contributed by atoms with Crippen LogP contribution in [-0.2, 0) is 10.1 Å². The first-order chi connectivity index (χ1) is 9.80. The highest BCUT2D eigenvalue weighted by atomic mass is 32.2. The molecule has 0 aliphatic heterocycles. The molecule has 7 heteroatoms. The van der Waals surface area contributed by atoms with Gasteiger partial charge in [-0.15, -0.1) is 0 Å². The fourth-order valence-corrected chi connectivity index (χ4v) is 4.03. The predicted molar refractivity (Wildman–Crippen MR) is 78.2 cm³/mol. The molecular formula is C14H15NO5S. The molecule has 1 aliphatic rings. The first-order valence-electron chi connectivity index (χ1n) is 6.32. The summed E-state index contributed by atoms with van der Waals surface area (Å²) in [6, 6.07) is 7.01. The van der Waals surface area contributed by atoms with Crippen LogP contribution in [-0.4, -0.2) is 28.7 Å². The fourth-order valence-electron chi connectivity index (χ4n) is 2.72. The van der Waals surface area contributed by atoms with E-state index in [0.717, 1.165) is 0 Å². The average molecular weight is 309 g/mol. The first-order valence-corrected chi connectivity index (χ1v) is 7.76. The first kappa shape index (κ1) is 15.4. The zero-order valence-electron chi connectivity index (χ0n) is 11.3. The van der Waals surface area contributed by atoms with Crippen molar-refractivity contribution < 1.29 is 17.9 Å². The third-order valence-electron chi connectivity index (χ3n) is 3.87. The molecule has 1 aromatic rings. The van der Waals surface area contributed by atoms with Crippen molar-refractivity contribution in [2.45, 2.75) is 23.6 Å². The van der Waals surface area contributed by atoms with Crippen LogP contribution in [0, 0.1) is 10.1 Å². The lowest BCUT2D eigenvalue weighted by molar-refractivity contribution is -0.514. The lowest BCUT2D eigenvalue weighted by atomic mass is 9.79. The quantitative estimate of drug-likeness (QED) is 0.522. The summed E-state index contributed by atoms with van der Waals surface area (Å²) in [5, 5.41) is 11.3. The van der Waals surface area contributed by atoms with Gasteiger partial charge in [0.15, 0.2) is 4.75 Å². The van der Waals surface area contributed by atoms with Crippen LogP contribution in [0.15, 0.2) is 54.6 Å². The van der Waals surface area contributed by atoms with E-state index in [2.05, 4.69) is 0 Å². The summed E-state index contributed by atoms with van der Waals surface area (Å²) in [5.41, 5.74) is 0.599. The van der Waals surface area contributed by atoms with Crippen molar-refractivity contribution in [3.63, 3.8) is 0 Å². The van der Waals surface area contributed by atoms with Crippen LogP contribution in [0.2, 0.25) is 0 Å². The Labute approximate surface area is 122 Å². The summed E-state index contributed by atoms with van der Waals surface area (Å²) in [7, 11) is -4.71. The van der Waals surface area contributed by atoms with Gasteiger partial charge in [0.2, 0.25) is 0 Å². The Kier molecular flexibility index (Phi) is 3.97. The van der Waals surface area contributed by atoms with E-state index in [1.807, 2.05) is 0 Å². The lowest BCUT2D eigenvalue weighted by Crippen LogP contribution is -2.54. The molecule has 1 aromatic carbocycles. The molecule has 0 saturated carbocycles. The molecule has 0 amide bonds. The van der Waals surface area contributed by atoms with Gasteiger partial charge < -0.3 is 0 Å². The maximum Gasteiger partial charge on any atom is 0.282 e. The maximum absolute atomic E-state index is 12.0. The van der Waals surface area contributed by atoms with Crippen LogP contribution in [0.25, 0.3) is 0 Å². The second kappa shape index (κ2) is 5.42. The summed E-state index contributed by atoms with van der Waals surface area (Å²) in [4.78, 5) is 10.6. The number of nitrogens with zero attached hydrogens (tertiary/aromatic N) is 1. The van der Waals surface area contributed by atoms with Gasteiger partial charge in [0, 0.05) is 10.8 Å². The van der Waals surface area contributed by atoms with Gasteiger partial charge in [-0.05, 0) is 11.6 Å². The van der Waals surface area contributed by atoms with Gasteiger partial charge >= 0.3 is 0 Å². The number of nitro groups is 1. The highest BCUT2D eigenvalue weighted by Crippen LogP contribution is 2.41. The van der Waals surface area contributed by atoms with Crippen molar-refractivity contribution in [2.24, 2.45) is 0 Å². The van der Waals surface area contributed by atoms with Crippen molar-refractivity contribution in [1.82, 2.24) is 0 Å². The van der Waals surface area contributed by atoms with Gasteiger partial charge in [-0.3, -0.25) is 14.7 Å². The molecule has 0 fully saturated rings. The minimum atomic E-state index is -4.71. The van der Waals surface area contributed by atoms with Crippen molar-refractivity contribution >= 4 is 10.1 Å². The third kappa shape index (κ3) is 2.50. The average Bonchev–Trinajstić information content (AvgIpc) is 2.46. The van der Waals surface area contributed by atoms with Crippen molar-refractivity contribution in [1.29, 1.82) is 0 Å². The van der Waals surface area contributed by atoms with Gasteiger partial charge in [0.05, 0.1) is 0 Å². The van der Waals surface area contributed by atoms with Gasteiger partial charge in [0.25, 0.3) is 16.2 Å². The maximum atomic E-state index is 12.0. The highest BCUT2D eigenvalue weighted by molar-refractivity contribution is 7.87. The molecule has 3 unspecified atom stereocenters. The molecule has 112 valence electrons. The molecule has 2 rings (SSSR count). The number of hydrogen-bond donors (Lipinski definition) is 1. The zero-order chi connectivity index (χ0) is 15.7. The van der Waals surface area contributed by atoms with Gasteiger partial charge in [-0.1, -0.05) is 55.5 Å². The van der Waals surface area contributed by atoms with Crippen LogP contribution >= 0.6 is 0 Å². The lowest BCUT2D eigenvalue weighted by Gasteiger charge is -2.35. The number of benzene rings is 1. The molecule has 1 aliphatic carbocycles. The summed E-state index contributed by atoms with van der Waals surface area (Å²) < 4.78 is 31.7. The SMILES string of the molecule is CC(c1ccccc1)C1(S(=O)(=O)O)C=CC=CC1[N+](=O)[O-]. The molecule has 3 atom stereocenters. The van der Waals surface area contributed by atoms with E-state index in [4.69, 9.17) is 0 Å². The largest absolute Gasteiger partial charge is 0.285 e. The monoisotopic (exact) mass is 309 g/mol. The zero-order valence-corrected chi connectivity index (χ0v) is 12.1. The number of allylic oxidation sites excluding steroid dienone is 2. The van der Waals surface area contributed by atoms with Crippen molar-refractivity contribution in [3.05, 3.63) is 70.3 Å². The van der Waals surface area contributed by atoms with Gasteiger partial charge in [-0.2, -0.15) is 8.42 Å². The number of hydrogen-bond acceptors (Lipinski definition) is 4. The van der Waals surface area contributed by atoms with Crippen molar-refractivity contribution in [2.75, 3.05) is 0 Å². The van der Waals surface area contributed by atoms with E-state index in [1.165, 1.54) is 24.3 Å². The molecule has 6 nitrogen and oxygen atoms in total. The molecular weight excluding hydrogens is 294 g/mol. The van der Waals surface area contributed by atoms with Gasteiger partial charge in [0.1, 0.15) is 0 Å². The molecule has 0 saturated heterocycles. The van der Waals surface area contributed by atoms with Crippen LogP contribution in [0.1, 0.15) is 18.4 Å². The minimum Gasteiger partial charge on any atom is -0.285 e. The Balaban J connectivity index is 2.66. The summed E-state index contributed by atoms with van der Waals surface area (Å²) in [6.45, 7) is 1.56. The van der Waals surface area contributed by atoms with Crippen molar-refractivity contribution in [3.8, 4) is 0 Å². The molecule has 0 radical (unpaired) electrons. The normalized spacial score (nSPS) is 26.5.